The van der Waals surface area contributed by atoms with E-state index in [1.54, 1.807) is 12.1 Å². The summed E-state index contributed by atoms with van der Waals surface area (Å²) in [5.74, 6) is -0.141. The van der Waals surface area contributed by atoms with Gasteiger partial charge in [0, 0.05) is 16.5 Å². The minimum atomic E-state index is -0.500. The van der Waals surface area contributed by atoms with Gasteiger partial charge in [-0.3, -0.25) is 10.1 Å². The lowest BCUT2D eigenvalue weighted by Crippen LogP contribution is -2.22. The quantitative estimate of drug-likeness (QED) is 0.401. The zero-order chi connectivity index (χ0) is 21.8. The number of methoxy groups -OCH3 is 1. The number of carbonyl (C=O) groups excluding carboxylic acids is 2. The van der Waals surface area contributed by atoms with Crippen molar-refractivity contribution in [3.05, 3.63) is 45.9 Å². The number of H-pyrrole nitrogens is 1. The molecule has 13 heteroatoms. The average Bonchev–Trinajstić information content (AvgIpc) is 3.53. The van der Waals surface area contributed by atoms with Crippen molar-refractivity contribution in [3.63, 3.8) is 0 Å². The van der Waals surface area contributed by atoms with Crippen molar-refractivity contribution in [2.24, 2.45) is 0 Å². The molecule has 3 N–H and O–H groups in total. The third kappa shape index (κ3) is 4.73. The number of thiazole rings is 2. The van der Waals surface area contributed by atoms with E-state index < -0.39 is 6.09 Å². The maximum atomic E-state index is 12.2. The van der Waals surface area contributed by atoms with E-state index in [1.807, 2.05) is 24.4 Å². The van der Waals surface area contributed by atoms with Crippen molar-refractivity contribution in [1.29, 1.82) is 0 Å². The topological polar surface area (TPSA) is 148 Å². The highest BCUT2D eigenvalue weighted by atomic mass is 32.1. The summed E-state index contributed by atoms with van der Waals surface area (Å²) in [5.41, 5.74) is 3.03. The first-order valence-electron chi connectivity index (χ1n) is 8.93. The fourth-order valence-electron chi connectivity index (χ4n) is 2.65. The van der Waals surface area contributed by atoms with Crippen LogP contribution in [-0.2, 0) is 11.3 Å². The number of aromatic amines is 1. The number of nitrogens with zero attached hydrogens (tertiary/aromatic N) is 5. The van der Waals surface area contributed by atoms with Crippen LogP contribution in [-0.4, -0.2) is 49.7 Å². The van der Waals surface area contributed by atoms with Gasteiger partial charge in [0.15, 0.2) is 0 Å². The lowest BCUT2D eigenvalue weighted by atomic mass is 10.1. The van der Waals surface area contributed by atoms with Gasteiger partial charge in [0.2, 0.25) is 5.95 Å². The molecular weight excluding hydrogens is 440 g/mol. The Hall–Kier alpha value is -3.71. The zero-order valence-electron chi connectivity index (χ0n) is 16.4. The van der Waals surface area contributed by atoms with Crippen molar-refractivity contribution in [3.8, 4) is 21.1 Å². The van der Waals surface area contributed by atoms with Gasteiger partial charge >= 0.3 is 6.09 Å². The van der Waals surface area contributed by atoms with E-state index in [2.05, 4.69) is 41.0 Å². The normalized spacial score (nSPS) is 10.6. The van der Waals surface area contributed by atoms with Crippen LogP contribution in [0.2, 0.25) is 0 Å². The predicted octanol–water partition coefficient (Wildman–Crippen LogP) is 2.86. The Morgan fingerprint density at radius 2 is 2.00 bits per heavy atom. The van der Waals surface area contributed by atoms with Gasteiger partial charge in [-0.05, 0) is 29.5 Å². The summed E-state index contributed by atoms with van der Waals surface area (Å²) < 4.78 is 4.58. The molecule has 2 amide bonds. The third-order valence-corrected chi connectivity index (χ3v) is 6.19. The molecule has 11 nitrogen and oxygen atoms in total. The second kappa shape index (κ2) is 8.97. The predicted molar refractivity (Wildman–Crippen MR) is 115 cm³/mol. The number of aryl methyl sites for hydroxylation is 1. The van der Waals surface area contributed by atoms with Gasteiger partial charge in [0.05, 0.1) is 29.9 Å². The summed E-state index contributed by atoms with van der Waals surface area (Å²) in [4.78, 5) is 33.6. The molecule has 0 saturated heterocycles. The van der Waals surface area contributed by atoms with Crippen LogP contribution in [0.3, 0.4) is 0 Å². The summed E-state index contributed by atoms with van der Waals surface area (Å²) >= 11 is 2.97. The Labute approximate surface area is 183 Å². The Balaban J connectivity index is 1.47. The number of amides is 2. The number of anilines is 1. The molecule has 0 saturated carbocycles. The average molecular weight is 457 g/mol. The van der Waals surface area contributed by atoms with Gasteiger partial charge in [-0.15, -0.1) is 22.7 Å². The molecule has 0 aliphatic rings. The molecule has 0 radical (unpaired) electrons. The van der Waals surface area contributed by atoms with Crippen molar-refractivity contribution in [1.82, 2.24) is 35.9 Å². The third-order valence-electron chi connectivity index (χ3n) is 4.12. The number of alkyl carbamates (subject to hydrolysis) is 1. The molecule has 4 rings (SSSR count). The largest absolute Gasteiger partial charge is 0.453 e. The molecule has 4 aromatic rings. The zero-order valence-corrected chi connectivity index (χ0v) is 18.0. The van der Waals surface area contributed by atoms with Gasteiger partial charge in [-0.1, -0.05) is 17.2 Å². The number of tetrazole rings is 1. The van der Waals surface area contributed by atoms with Crippen molar-refractivity contribution >= 4 is 40.6 Å². The number of nitrogens with one attached hydrogen (secondary N) is 3. The Morgan fingerprint density at radius 3 is 2.71 bits per heavy atom. The van der Waals surface area contributed by atoms with Crippen molar-refractivity contribution in [2.45, 2.75) is 13.5 Å². The molecule has 31 heavy (non-hydrogen) atoms. The van der Waals surface area contributed by atoms with Gasteiger partial charge in [-0.25, -0.2) is 19.9 Å². The van der Waals surface area contributed by atoms with E-state index in [0.29, 0.717) is 12.1 Å². The lowest BCUT2D eigenvalue weighted by molar-refractivity contribution is 0.102. The van der Waals surface area contributed by atoms with Crippen LogP contribution in [0.4, 0.5) is 10.7 Å². The molecule has 0 unspecified atom stereocenters. The van der Waals surface area contributed by atoms with E-state index in [-0.39, 0.29) is 11.9 Å². The van der Waals surface area contributed by atoms with E-state index >= 15 is 0 Å². The molecule has 158 valence electrons. The van der Waals surface area contributed by atoms with Crippen LogP contribution in [0.1, 0.15) is 21.1 Å². The molecule has 0 bridgehead atoms. The number of aromatic nitrogens is 6. The van der Waals surface area contributed by atoms with Crippen LogP contribution >= 0.6 is 22.7 Å². The summed E-state index contributed by atoms with van der Waals surface area (Å²) in [6, 6.07) is 7.09. The maximum absolute atomic E-state index is 12.2. The number of hydrogen-bond acceptors (Lipinski definition) is 10. The molecule has 0 fully saturated rings. The molecule has 1 aromatic carbocycles. The minimum absolute atomic E-state index is 0.180. The molecule has 0 spiro atoms. The van der Waals surface area contributed by atoms with Crippen LogP contribution < -0.4 is 10.6 Å². The van der Waals surface area contributed by atoms with Crippen molar-refractivity contribution in [2.75, 3.05) is 12.4 Å². The molecule has 0 aliphatic heterocycles. The molecule has 3 heterocycles. The number of carbonyl (C=O) groups is 2. The fraction of sp³-hybridized carbons (Fsp3) is 0.167. The van der Waals surface area contributed by atoms with Crippen LogP contribution in [0, 0.1) is 6.92 Å². The van der Waals surface area contributed by atoms with Crippen LogP contribution in [0.25, 0.3) is 21.1 Å². The van der Waals surface area contributed by atoms with Gasteiger partial charge < -0.3 is 10.1 Å². The highest BCUT2D eigenvalue weighted by Crippen LogP contribution is 2.34. The Bertz CT molecular complexity index is 1200. The summed E-state index contributed by atoms with van der Waals surface area (Å²) in [6.07, 6.45) is -0.500. The highest BCUT2D eigenvalue weighted by Gasteiger charge is 2.15. The second-order valence-electron chi connectivity index (χ2n) is 6.19. The SMILES string of the molecule is COC(=O)NCc1nc(C)c(-c2csc(-c3ccc(C(=O)Nc4nnn[nH]4)cc3)n2)s1. The number of rotatable bonds is 6. The van der Waals surface area contributed by atoms with Crippen LogP contribution in [0.15, 0.2) is 29.6 Å². The lowest BCUT2D eigenvalue weighted by Gasteiger charge is -2.02. The first-order chi connectivity index (χ1) is 15.0. The number of ether oxygens (including phenoxy) is 1. The summed E-state index contributed by atoms with van der Waals surface area (Å²) in [5, 5.41) is 21.7. The van der Waals surface area contributed by atoms with Gasteiger partial charge in [0.1, 0.15) is 10.0 Å². The van der Waals surface area contributed by atoms with E-state index in [1.165, 1.54) is 29.8 Å². The van der Waals surface area contributed by atoms with E-state index in [4.69, 9.17) is 4.98 Å². The first-order valence-corrected chi connectivity index (χ1v) is 10.6. The molecular formula is C18H16N8O3S2. The van der Waals surface area contributed by atoms with Crippen molar-refractivity contribution < 1.29 is 14.3 Å². The number of hydrogen-bond donors (Lipinski definition) is 3. The van der Waals surface area contributed by atoms with Gasteiger partial charge in [0.25, 0.3) is 5.91 Å². The molecule has 0 atom stereocenters. The van der Waals surface area contributed by atoms with Gasteiger partial charge in [-0.2, -0.15) is 0 Å². The standard InChI is InChI=1S/C18H16N8O3S2/c1-9-14(31-13(20-9)7-19-18(28)29-2)12-8-30-16(21-12)11-5-3-10(4-6-11)15(27)22-17-23-25-26-24-17/h3-6,8H,7H2,1-2H3,(H,19,28)(H2,22,23,24,25,26,27). The first kappa shape index (κ1) is 20.6. The van der Waals surface area contributed by atoms with Crippen LogP contribution in [0.5, 0.6) is 0 Å². The number of benzene rings is 1. The molecule has 3 aromatic heterocycles. The Morgan fingerprint density at radius 1 is 1.19 bits per heavy atom. The highest BCUT2D eigenvalue weighted by molar-refractivity contribution is 7.16. The molecule has 0 aliphatic carbocycles. The smallest absolute Gasteiger partial charge is 0.407 e. The summed E-state index contributed by atoms with van der Waals surface area (Å²) in [7, 11) is 1.32. The van der Waals surface area contributed by atoms with E-state index in [9.17, 15) is 9.59 Å². The fourth-order valence-corrected chi connectivity index (χ4v) is 4.51. The summed E-state index contributed by atoms with van der Waals surface area (Å²) in [6.45, 7) is 2.20. The Kier molecular flexibility index (Phi) is 5.95. The monoisotopic (exact) mass is 456 g/mol. The minimum Gasteiger partial charge on any atom is -0.453 e. The maximum Gasteiger partial charge on any atom is 0.407 e. The second-order valence-corrected chi connectivity index (χ2v) is 8.13. The van der Waals surface area contributed by atoms with E-state index in [0.717, 1.165) is 31.8 Å².